The molecule has 1 unspecified atom stereocenters. The first-order chi connectivity index (χ1) is 15.6. The van der Waals surface area contributed by atoms with Crippen LogP contribution in [0.3, 0.4) is 0 Å². The van der Waals surface area contributed by atoms with Gasteiger partial charge in [0.2, 0.25) is 0 Å². The average molecular weight is 433 g/mol. The van der Waals surface area contributed by atoms with E-state index in [-0.39, 0.29) is 12.0 Å². The van der Waals surface area contributed by atoms with Gasteiger partial charge in [0.15, 0.2) is 0 Å². The summed E-state index contributed by atoms with van der Waals surface area (Å²) in [7, 11) is 0. The Hall–Kier alpha value is -2.96. The Balaban J connectivity index is 1.48. The fourth-order valence-corrected chi connectivity index (χ4v) is 4.14. The lowest BCUT2D eigenvalue weighted by Gasteiger charge is -2.33. The Bertz CT molecular complexity index is 1000. The minimum atomic E-state index is -0.118. The molecule has 1 N–H and O–H groups in total. The van der Waals surface area contributed by atoms with Crippen molar-refractivity contribution in [2.24, 2.45) is 5.92 Å². The maximum Gasteiger partial charge on any atom is 0.255 e. The molecule has 1 aliphatic heterocycles. The summed E-state index contributed by atoms with van der Waals surface area (Å²) in [5.74, 6) is 0.500. The van der Waals surface area contributed by atoms with Crippen molar-refractivity contribution in [3.63, 3.8) is 0 Å². The van der Waals surface area contributed by atoms with Gasteiger partial charge < -0.3 is 10.1 Å². The molecule has 2 aromatic carbocycles. The minimum absolute atomic E-state index is 0.00555. The Kier molecular flexibility index (Phi) is 7.35. The molecule has 0 bridgehead atoms. The molecular weight excluding hydrogens is 400 g/mol. The highest BCUT2D eigenvalue weighted by Crippen LogP contribution is 2.22. The van der Waals surface area contributed by atoms with E-state index < -0.39 is 0 Å². The number of carbonyl (C=O) groups is 1. The van der Waals surface area contributed by atoms with Gasteiger partial charge >= 0.3 is 0 Å². The summed E-state index contributed by atoms with van der Waals surface area (Å²) in [6.07, 6.45) is 1.85. The molecular formula is C26H32N4O2. The molecule has 1 aliphatic rings. The molecule has 1 atom stereocenters. The van der Waals surface area contributed by atoms with Gasteiger partial charge in [0.05, 0.1) is 24.8 Å². The summed E-state index contributed by atoms with van der Waals surface area (Å²) < 4.78 is 7.74. The number of ether oxygens (including phenoxy) is 1. The number of aromatic nitrogens is 2. The fourth-order valence-electron chi connectivity index (χ4n) is 4.14. The van der Waals surface area contributed by atoms with Crippen molar-refractivity contribution in [3.05, 3.63) is 78.0 Å². The number of nitrogens with zero attached hydrogens (tertiary/aromatic N) is 3. The van der Waals surface area contributed by atoms with Crippen molar-refractivity contribution < 1.29 is 9.53 Å². The van der Waals surface area contributed by atoms with Crippen molar-refractivity contribution in [2.75, 3.05) is 32.8 Å². The highest BCUT2D eigenvalue weighted by molar-refractivity contribution is 5.99. The molecule has 4 rings (SSSR count). The number of hydrogen-bond acceptors (Lipinski definition) is 4. The molecule has 168 valence electrons. The van der Waals surface area contributed by atoms with Crippen LogP contribution in [0.15, 0.2) is 66.9 Å². The number of carbonyl (C=O) groups excluding carboxylic acids is 1. The molecule has 1 saturated heterocycles. The quantitative estimate of drug-likeness (QED) is 0.590. The first kappa shape index (κ1) is 22.2. The Morgan fingerprint density at radius 3 is 2.56 bits per heavy atom. The van der Waals surface area contributed by atoms with E-state index in [1.54, 1.807) is 0 Å². The molecule has 3 aromatic rings. The van der Waals surface area contributed by atoms with Gasteiger partial charge in [-0.2, -0.15) is 5.10 Å². The maximum atomic E-state index is 13.2. The molecule has 0 radical (unpaired) electrons. The van der Waals surface area contributed by atoms with E-state index in [4.69, 9.17) is 9.84 Å². The van der Waals surface area contributed by atoms with Crippen LogP contribution in [0.2, 0.25) is 0 Å². The largest absolute Gasteiger partial charge is 0.374 e. The summed E-state index contributed by atoms with van der Waals surface area (Å²) in [4.78, 5) is 15.6. The van der Waals surface area contributed by atoms with Crippen LogP contribution in [0.4, 0.5) is 0 Å². The smallest absolute Gasteiger partial charge is 0.255 e. The predicted molar refractivity (Wildman–Crippen MR) is 127 cm³/mol. The zero-order valence-electron chi connectivity index (χ0n) is 18.9. The third-order valence-corrected chi connectivity index (χ3v) is 5.58. The van der Waals surface area contributed by atoms with Gasteiger partial charge in [-0.05, 0) is 11.5 Å². The Morgan fingerprint density at radius 2 is 1.84 bits per heavy atom. The van der Waals surface area contributed by atoms with Gasteiger partial charge in [0, 0.05) is 37.9 Å². The summed E-state index contributed by atoms with van der Waals surface area (Å²) in [5, 5.41) is 7.84. The maximum absolute atomic E-state index is 13.2. The second-order valence-corrected chi connectivity index (χ2v) is 8.80. The van der Waals surface area contributed by atoms with Crippen LogP contribution in [0.1, 0.15) is 29.8 Å². The monoisotopic (exact) mass is 432 g/mol. The van der Waals surface area contributed by atoms with Gasteiger partial charge in [-0.25, -0.2) is 0 Å². The van der Waals surface area contributed by atoms with Crippen molar-refractivity contribution in [1.82, 2.24) is 20.0 Å². The second-order valence-electron chi connectivity index (χ2n) is 8.80. The summed E-state index contributed by atoms with van der Waals surface area (Å²) in [5.41, 5.74) is 3.36. The van der Waals surface area contributed by atoms with Crippen LogP contribution in [0.25, 0.3) is 11.3 Å². The van der Waals surface area contributed by atoms with E-state index in [9.17, 15) is 4.79 Å². The number of benzene rings is 2. The van der Waals surface area contributed by atoms with Gasteiger partial charge in [-0.3, -0.25) is 14.4 Å². The number of rotatable bonds is 8. The predicted octanol–water partition coefficient (Wildman–Crippen LogP) is 3.69. The first-order valence-electron chi connectivity index (χ1n) is 11.4. The lowest BCUT2D eigenvalue weighted by molar-refractivity contribution is -0.0295. The van der Waals surface area contributed by atoms with Crippen molar-refractivity contribution in [3.8, 4) is 11.3 Å². The molecule has 1 fully saturated rings. The zero-order valence-corrected chi connectivity index (χ0v) is 18.9. The van der Waals surface area contributed by atoms with E-state index in [0.717, 1.165) is 30.8 Å². The number of hydrogen-bond donors (Lipinski definition) is 1. The van der Waals surface area contributed by atoms with Crippen molar-refractivity contribution >= 4 is 5.91 Å². The number of morpholine rings is 1. The van der Waals surface area contributed by atoms with Gasteiger partial charge in [0.1, 0.15) is 5.69 Å². The summed E-state index contributed by atoms with van der Waals surface area (Å²) in [6, 6.07) is 20.0. The van der Waals surface area contributed by atoms with Crippen LogP contribution < -0.4 is 5.32 Å². The molecule has 0 spiro atoms. The Labute approximate surface area is 190 Å². The average Bonchev–Trinajstić information content (AvgIpc) is 3.22. The van der Waals surface area contributed by atoms with E-state index >= 15 is 0 Å². The third kappa shape index (κ3) is 5.84. The van der Waals surface area contributed by atoms with E-state index in [1.165, 1.54) is 0 Å². The van der Waals surface area contributed by atoms with Gasteiger partial charge in [-0.1, -0.05) is 74.5 Å². The first-order valence-corrected chi connectivity index (χ1v) is 11.4. The topological polar surface area (TPSA) is 59.4 Å². The molecule has 1 amide bonds. The standard InChI is InChI=1S/C26H32N4O2/c1-20(2)16-29-13-14-32-23(18-29)15-27-26(31)24-19-30(17-21-9-5-3-6-10-21)28-25(24)22-11-7-4-8-12-22/h3-12,19-20,23H,13-18H2,1-2H3,(H,27,31). The molecule has 0 aliphatic carbocycles. The molecule has 6 nitrogen and oxygen atoms in total. The Morgan fingerprint density at radius 1 is 1.12 bits per heavy atom. The molecule has 32 heavy (non-hydrogen) atoms. The van der Waals surface area contributed by atoms with E-state index in [0.29, 0.717) is 36.9 Å². The van der Waals surface area contributed by atoms with Crippen LogP contribution in [-0.4, -0.2) is 59.5 Å². The highest BCUT2D eigenvalue weighted by atomic mass is 16.5. The summed E-state index contributed by atoms with van der Waals surface area (Å²) in [6.45, 7) is 9.12. The second kappa shape index (κ2) is 10.6. The number of amides is 1. The van der Waals surface area contributed by atoms with E-state index in [1.807, 2.05) is 59.4 Å². The third-order valence-electron chi connectivity index (χ3n) is 5.58. The SMILES string of the molecule is CC(C)CN1CCOC(CNC(=O)c2cn(Cc3ccccc3)nc2-c2ccccc2)C1. The van der Waals surface area contributed by atoms with E-state index in [2.05, 4.69) is 36.2 Å². The number of nitrogens with one attached hydrogen (secondary N) is 1. The van der Waals surface area contributed by atoms with Crippen LogP contribution in [-0.2, 0) is 11.3 Å². The molecule has 0 saturated carbocycles. The fraction of sp³-hybridized carbons (Fsp3) is 0.385. The van der Waals surface area contributed by atoms with Crippen molar-refractivity contribution in [2.45, 2.75) is 26.5 Å². The van der Waals surface area contributed by atoms with Crippen molar-refractivity contribution in [1.29, 1.82) is 0 Å². The summed E-state index contributed by atoms with van der Waals surface area (Å²) >= 11 is 0. The van der Waals surface area contributed by atoms with Crippen LogP contribution >= 0.6 is 0 Å². The van der Waals surface area contributed by atoms with Gasteiger partial charge in [-0.15, -0.1) is 0 Å². The normalized spacial score (nSPS) is 16.9. The van der Waals surface area contributed by atoms with Crippen LogP contribution in [0.5, 0.6) is 0 Å². The zero-order chi connectivity index (χ0) is 22.3. The molecule has 6 heteroatoms. The minimum Gasteiger partial charge on any atom is -0.374 e. The lowest BCUT2D eigenvalue weighted by atomic mass is 10.1. The van der Waals surface area contributed by atoms with Gasteiger partial charge in [0.25, 0.3) is 5.91 Å². The highest BCUT2D eigenvalue weighted by Gasteiger charge is 2.23. The molecule has 1 aromatic heterocycles. The lowest BCUT2D eigenvalue weighted by Crippen LogP contribution is -2.48. The molecule has 2 heterocycles. The van der Waals surface area contributed by atoms with Crippen LogP contribution in [0, 0.1) is 5.92 Å².